The van der Waals surface area contributed by atoms with Gasteiger partial charge in [0.05, 0.1) is 11.8 Å². The lowest BCUT2D eigenvalue weighted by molar-refractivity contribution is -0.147. The lowest BCUT2D eigenvalue weighted by Gasteiger charge is -2.27. The van der Waals surface area contributed by atoms with Gasteiger partial charge in [0.25, 0.3) is 0 Å². The van der Waals surface area contributed by atoms with Crippen LogP contribution < -0.4 is 10.2 Å². The van der Waals surface area contributed by atoms with Crippen molar-refractivity contribution in [3.63, 3.8) is 0 Å². The Kier molecular flexibility index (Phi) is 6.02. The van der Waals surface area contributed by atoms with E-state index in [2.05, 4.69) is 24.1 Å². The maximum atomic E-state index is 12.4. The normalized spacial score (nSPS) is 20.8. The molecule has 0 aromatic heterocycles. The number of carbonyl (C=O) groups is 2. The van der Waals surface area contributed by atoms with Crippen molar-refractivity contribution in [1.82, 2.24) is 0 Å². The fourth-order valence-electron chi connectivity index (χ4n) is 3.32. The second-order valence-electron chi connectivity index (χ2n) is 6.04. The van der Waals surface area contributed by atoms with Crippen molar-refractivity contribution in [2.45, 2.75) is 39.5 Å². The molecule has 2 N–H and O–H groups in total. The predicted octanol–water partition coefficient (Wildman–Crippen LogP) is 3.36. The van der Waals surface area contributed by atoms with Crippen molar-refractivity contribution in [1.29, 1.82) is 0 Å². The van der Waals surface area contributed by atoms with E-state index in [0.29, 0.717) is 12.8 Å². The lowest BCUT2D eigenvalue weighted by Crippen LogP contribution is -2.36. The van der Waals surface area contributed by atoms with Crippen molar-refractivity contribution < 1.29 is 14.7 Å². The molecule has 126 valence electrons. The summed E-state index contributed by atoms with van der Waals surface area (Å²) in [6.45, 7) is 6.08. The SMILES string of the molecule is CCN(CC)c1ccc(NC(=O)[C@@H]2CCCC[C@@H]2C(=O)O)cc1. The maximum absolute atomic E-state index is 12.4. The molecule has 1 amide bonds. The van der Waals surface area contributed by atoms with E-state index in [0.717, 1.165) is 37.3 Å². The standard InChI is InChI=1S/C18H26N2O3/c1-3-20(4-2)14-11-9-13(10-12-14)19-17(21)15-7-5-6-8-16(15)18(22)23/h9-12,15-16H,3-8H2,1-2H3,(H,19,21)(H,22,23)/t15-,16+/m1/s1. The van der Waals surface area contributed by atoms with Crippen LogP contribution >= 0.6 is 0 Å². The summed E-state index contributed by atoms with van der Waals surface area (Å²) in [5.74, 6) is -2.02. The Hall–Kier alpha value is -2.04. The molecule has 5 heteroatoms. The topological polar surface area (TPSA) is 69.6 Å². The molecule has 5 nitrogen and oxygen atoms in total. The lowest BCUT2D eigenvalue weighted by atomic mass is 9.78. The first kappa shape index (κ1) is 17.3. The van der Waals surface area contributed by atoms with Gasteiger partial charge in [0.1, 0.15) is 0 Å². The van der Waals surface area contributed by atoms with Gasteiger partial charge < -0.3 is 15.3 Å². The number of nitrogens with one attached hydrogen (secondary N) is 1. The van der Waals surface area contributed by atoms with Crippen molar-refractivity contribution in [3.05, 3.63) is 24.3 Å². The zero-order valence-electron chi connectivity index (χ0n) is 13.9. The van der Waals surface area contributed by atoms with Crippen molar-refractivity contribution >= 4 is 23.3 Å². The van der Waals surface area contributed by atoms with Gasteiger partial charge in [-0.1, -0.05) is 12.8 Å². The Balaban J connectivity index is 2.03. The molecule has 2 rings (SSSR count). The van der Waals surface area contributed by atoms with Crippen LogP contribution in [0.1, 0.15) is 39.5 Å². The second-order valence-corrected chi connectivity index (χ2v) is 6.04. The summed E-state index contributed by atoms with van der Waals surface area (Å²) < 4.78 is 0. The molecule has 0 unspecified atom stereocenters. The molecule has 1 aromatic carbocycles. The summed E-state index contributed by atoms with van der Waals surface area (Å²) in [4.78, 5) is 26.0. The Morgan fingerprint density at radius 2 is 1.65 bits per heavy atom. The highest BCUT2D eigenvalue weighted by molar-refractivity contribution is 5.95. The number of benzene rings is 1. The minimum absolute atomic E-state index is 0.173. The molecule has 0 radical (unpaired) electrons. The Morgan fingerprint density at radius 1 is 1.09 bits per heavy atom. The first-order valence-electron chi connectivity index (χ1n) is 8.45. The summed E-state index contributed by atoms with van der Waals surface area (Å²) in [6, 6.07) is 7.73. The van der Waals surface area contributed by atoms with Gasteiger partial charge in [-0.15, -0.1) is 0 Å². The summed E-state index contributed by atoms with van der Waals surface area (Å²) in [7, 11) is 0. The third-order valence-electron chi connectivity index (χ3n) is 4.68. The van der Waals surface area contributed by atoms with Crippen LogP contribution in [-0.2, 0) is 9.59 Å². The van der Waals surface area contributed by atoms with Crippen LogP contribution in [0.25, 0.3) is 0 Å². The van der Waals surface area contributed by atoms with Crippen molar-refractivity contribution in [3.8, 4) is 0 Å². The van der Waals surface area contributed by atoms with Crippen LogP contribution in [0.2, 0.25) is 0 Å². The zero-order valence-corrected chi connectivity index (χ0v) is 13.9. The smallest absolute Gasteiger partial charge is 0.307 e. The first-order valence-corrected chi connectivity index (χ1v) is 8.45. The molecular formula is C18H26N2O3. The van der Waals surface area contributed by atoms with Gasteiger partial charge in [-0.3, -0.25) is 9.59 Å². The molecule has 1 aliphatic carbocycles. The highest BCUT2D eigenvalue weighted by atomic mass is 16.4. The third kappa shape index (κ3) is 4.24. The quantitative estimate of drug-likeness (QED) is 0.844. The molecule has 0 spiro atoms. The zero-order chi connectivity index (χ0) is 16.8. The number of carboxylic acids is 1. The first-order chi connectivity index (χ1) is 11.1. The van der Waals surface area contributed by atoms with E-state index in [4.69, 9.17) is 0 Å². The van der Waals surface area contributed by atoms with Gasteiger partial charge in [-0.25, -0.2) is 0 Å². The summed E-state index contributed by atoms with van der Waals surface area (Å²) in [5, 5.41) is 12.2. The number of hydrogen-bond donors (Lipinski definition) is 2. The van der Waals surface area contributed by atoms with E-state index >= 15 is 0 Å². The second kappa shape index (κ2) is 7.99. The van der Waals surface area contributed by atoms with E-state index in [1.54, 1.807) is 0 Å². The monoisotopic (exact) mass is 318 g/mol. The third-order valence-corrected chi connectivity index (χ3v) is 4.68. The van der Waals surface area contributed by atoms with Crippen LogP contribution in [0.15, 0.2) is 24.3 Å². The minimum Gasteiger partial charge on any atom is -0.481 e. The highest BCUT2D eigenvalue weighted by Gasteiger charge is 2.35. The predicted molar refractivity (Wildman–Crippen MR) is 91.7 cm³/mol. The Labute approximate surface area is 137 Å². The molecule has 0 saturated heterocycles. The van der Waals surface area contributed by atoms with E-state index in [1.807, 2.05) is 24.3 Å². The molecule has 1 fully saturated rings. The average Bonchev–Trinajstić information content (AvgIpc) is 2.57. The average molecular weight is 318 g/mol. The number of rotatable bonds is 6. The van der Waals surface area contributed by atoms with E-state index in [-0.39, 0.29) is 5.91 Å². The van der Waals surface area contributed by atoms with Crippen LogP contribution in [-0.4, -0.2) is 30.1 Å². The number of carboxylic acid groups (broad SMARTS) is 1. The van der Waals surface area contributed by atoms with Gasteiger partial charge in [-0.2, -0.15) is 0 Å². The molecule has 1 aliphatic rings. The van der Waals surface area contributed by atoms with E-state index in [9.17, 15) is 14.7 Å². The van der Waals surface area contributed by atoms with Crippen molar-refractivity contribution in [2.75, 3.05) is 23.3 Å². The van der Waals surface area contributed by atoms with Gasteiger partial charge in [0.15, 0.2) is 0 Å². The minimum atomic E-state index is -0.860. The number of nitrogens with zero attached hydrogens (tertiary/aromatic N) is 1. The summed E-state index contributed by atoms with van der Waals surface area (Å²) in [5.41, 5.74) is 1.84. The maximum Gasteiger partial charge on any atom is 0.307 e. The van der Waals surface area contributed by atoms with E-state index in [1.165, 1.54) is 0 Å². The fraction of sp³-hybridized carbons (Fsp3) is 0.556. The van der Waals surface area contributed by atoms with Crippen LogP contribution in [0.3, 0.4) is 0 Å². The van der Waals surface area contributed by atoms with Crippen LogP contribution in [0.4, 0.5) is 11.4 Å². The number of amides is 1. The Morgan fingerprint density at radius 3 is 2.17 bits per heavy atom. The van der Waals surface area contributed by atoms with Gasteiger partial charge in [0.2, 0.25) is 5.91 Å². The van der Waals surface area contributed by atoms with Gasteiger partial charge >= 0.3 is 5.97 Å². The van der Waals surface area contributed by atoms with Crippen molar-refractivity contribution in [2.24, 2.45) is 11.8 Å². The molecule has 2 atom stereocenters. The summed E-state index contributed by atoms with van der Waals surface area (Å²) in [6.07, 6.45) is 3.05. The molecule has 0 aliphatic heterocycles. The number of carbonyl (C=O) groups excluding carboxylic acids is 1. The molecule has 23 heavy (non-hydrogen) atoms. The van der Waals surface area contributed by atoms with Gasteiger partial charge in [0, 0.05) is 24.5 Å². The van der Waals surface area contributed by atoms with Gasteiger partial charge in [-0.05, 0) is 51.0 Å². The molecule has 0 heterocycles. The fourth-order valence-corrected chi connectivity index (χ4v) is 3.32. The highest BCUT2D eigenvalue weighted by Crippen LogP contribution is 2.31. The Bertz CT molecular complexity index is 538. The molecule has 1 aromatic rings. The molecule has 1 saturated carbocycles. The molecule has 0 bridgehead atoms. The number of anilines is 2. The largest absolute Gasteiger partial charge is 0.481 e. The number of aliphatic carboxylic acids is 1. The van der Waals surface area contributed by atoms with Crippen LogP contribution in [0, 0.1) is 11.8 Å². The van der Waals surface area contributed by atoms with E-state index < -0.39 is 17.8 Å². The van der Waals surface area contributed by atoms with Crippen LogP contribution in [0.5, 0.6) is 0 Å². The number of hydrogen-bond acceptors (Lipinski definition) is 3. The molecular weight excluding hydrogens is 292 g/mol. The summed E-state index contributed by atoms with van der Waals surface area (Å²) >= 11 is 0.